The Hall–Kier alpha value is -6.13. The van der Waals surface area contributed by atoms with E-state index in [0.717, 1.165) is 49.8 Å². The molecule has 0 atom stereocenters. The average Bonchev–Trinajstić information content (AvgIpc) is 3.51. The smallest absolute Gasteiger partial charge is 0.164 e. The van der Waals surface area contributed by atoms with Crippen LogP contribution in [0.1, 0.15) is 0 Å². The van der Waals surface area contributed by atoms with Gasteiger partial charge >= 0.3 is 0 Å². The predicted molar refractivity (Wildman–Crippen MR) is 184 cm³/mol. The molecule has 0 unspecified atom stereocenters. The molecule has 0 aliphatic carbocycles. The first-order valence-corrected chi connectivity index (χ1v) is 15.0. The molecule has 9 rings (SSSR count). The Morgan fingerprint density at radius 1 is 0.356 bits per heavy atom. The van der Waals surface area contributed by atoms with E-state index in [1.54, 1.807) is 0 Å². The largest absolute Gasteiger partial charge is 0.456 e. The van der Waals surface area contributed by atoms with Crippen molar-refractivity contribution >= 4 is 43.5 Å². The SMILES string of the molecule is c1ccc(-c2nc(-c3ccc4ccc5ccccc5c4c3)nc(-c3ccccc3-c3cccc4oc5ccccc5c34)n2)cc1. The Balaban J connectivity index is 1.29. The molecule has 7 aromatic carbocycles. The first-order valence-electron chi connectivity index (χ1n) is 15.0. The summed E-state index contributed by atoms with van der Waals surface area (Å²) in [6, 6.07) is 52.2. The highest BCUT2D eigenvalue weighted by Crippen LogP contribution is 2.40. The second-order valence-corrected chi connectivity index (χ2v) is 11.2. The van der Waals surface area contributed by atoms with E-state index in [0.29, 0.717) is 17.5 Å². The number of fused-ring (bicyclic) bond motifs is 6. The minimum absolute atomic E-state index is 0.622. The van der Waals surface area contributed by atoms with Crippen molar-refractivity contribution in [2.45, 2.75) is 0 Å². The van der Waals surface area contributed by atoms with Crippen LogP contribution in [0.5, 0.6) is 0 Å². The van der Waals surface area contributed by atoms with Crippen LogP contribution in [0, 0.1) is 0 Å². The quantitative estimate of drug-likeness (QED) is 0.196. The van der Waals surface area contributed by atoms with E-state index < -0.39 is 0 Å². The van der Waals surface area contributed by atoms with E-state index in [1.165, 1.54) is 21.5 Å². The van der Waals surface area contributed by atoms with Crippen LogP contribution in [0.4, 0.5) is 0 Å². The van der Waals surface area contributed by atoms with Crippen molar-refractivity contribution < 1.29 is 4.42 Å². The van der Waals surface area contributed by atoms with Gasteiger partial charge in [-0.3, -0.25) is 0 Å². The molecular formula is C41H25N3O. The molecule has 2 heterocycles. The Morgan fingerprint density at radius 3 is 1.82 bits per heavy atom. The maximum atomic E-state index is 6.24. The standard InChI is InChI=1S/C41H25N3O/c1-2-12-28(13-3-1)39-42-40(29-24-23-27-22-21-26-11-4-5-14-30(26)35(27)25-29)44-41(43-39)33-16-7-6-15-31(33)32-18-10-20-37-38(32)34-17-8-9-19-36(34)45-37/h1-25H. The minimum atomic E-state index is 0.622. The number of rotatable bonds is 4. The van der Waals surface area contributed by atoms with Gasteiger partial charge in [-0.15, -0.1) is 0 Å². The molecule has 4 heteroatoms. The second-order valence-electron chi connectivity index (χ2n) is 11.2. The Kier molecular flexibility index (Phi) is 5.78. The van der Waals surface area contributed by atoms with Crippen molar-refractivity contribution in [3.8, 4) is 45.3 Å². The first kappa shape index (κ1) is 25.4. The first-order chi connectivity index (χ1) is 22.3. The Morgan fingerprint density at radius 2 is 0.956 bits per heavy atom. The zero-order valence-corrected chi connectivity index (χ0v) is 24.2. The Bertz CT molecular complexity index is 2550. The number of benzene rings is 7. The van der Waals surface area contributed by atoms with Gasteiger partial charge in [-0.25, -0.2) is 15.0 Å². The topological polar surface area (TPSA) is 51.8 Å². The minimum Gasteiger partial charge on any atom is -0.456 e. The van der Waals surface area contributed by atoms with Crippen molar-refractivity contribution in [3.63, 3.8) is 0 Å². The number of hydrogen-bond acceptors (Lipinski definition) is 4. The summed E-state index contributed by atoms with van der Waals surface area (Å²) in [4.78, 5) is 15.3. The Labute approximate surface area is 259 Å². The van der Waals surface area contributed by atoms with Gasteiger partial charge in [0.05, 0.1) is 0 Å². The van der Waals surface area contributed by atoms with Crippen molar-refractivity contribution in [2.24, 2.45) is 0 Å². The van der Waals surface area contributed by atoms with Crippen LogP contribution in [0.15, 0.2) is 156 Å². The molecule has 45 heavy (non-hydrogen) atoms. The molecular weight excluding hydrogens is 550 g/mol. The van der Waals surface area contributed by atoms with Crippen molar-refractivity contribution in [1.29, 1.82) is 0 Å². The van der Waals surface area contributed by atoms with E-state index in [-0.39, 0.29) is 0 Å². The molecule has 0 amide bonds. The maximum Gasteiger partial charge on any atom is 0.164 e. The molecule has 2 aromatic heterocycles. The number of para-hydroxylation sites is 1. The van der Waals surface area contributed by atoms with Crippen LogP contribution in [0.25, 0.3) is 88.8 Å². The molecule has 0 N–H and O–H groups in total. The molecule has 0 spiro atoms. The fourth-order valence-corrected chi connectivity index (χ4v) is 6.40. The monoisotopic (exact) mass is 575 g/mol. The van der Waals surface area contributed by atoms with Gasteiger partial charge in [0.2, 0.25) is 0 Å². The fourth-order valence-electron chi connectivity index (χ4n) is 6.40. The fraction of sp³-hybridized carbons (Fsp3) is 0. The number of nitrogens with zero attached hydrogens (tertiary/aromatic N) is 3. The number of furan rings is 1. The highest BCUT2D eigenvalue weighted by Gasteiger charge is 2.19. The van der Waals surface area contributed by atoms with Crippen molar-refractivity contribution in [1.82, 2.24) is 15.0 Å². The maximum absolute atomic E-state index is 6.24. The summed E-state index contributed by atoms with van der Waals surface area (Å²) in [5.74, 6) is 1.89. The van der Waals surface area contributed by atoms with Gasteiger partial charge < -0.3 is 4.42 Å². The van der Waals surface area contributed by atoms with Crippen LogP contribution in [0.2, 0.25) is 0 Å². The molecule has 0 aliphatic heterocycles. The van der Waals surface area contributed by atoms with Gasteiger partial charge in [-0.05, 0) is 50.9 Å². The third-order valence-corrected chi connectivity index (χ3v) is 8.53. The average molecular weight is 576 g/mol. The lowest BCUT2D eigenvalue weighted by atomic mass is 9.95. The number of aromatic nitrogens is 3. The third-order valence-electron chi connectivity index (χ3n) is 8.53. The summed E-state index contributed by atoms with van der Waals surface area (Å²) >= 11 is 0. The van der Waals surface area contributed by atoms with Gasteiger partial charge in [-0.1, -0.05) is 133 Å². The zero-order chi connectivity index (χ0) is 29.7. The van der Waals surface area contributed by atoms with Gasteiger partial charge in [0.25, 0.3) is 0 Å². The highest BCUT2D eigenvalue weighted by atomic mass is 16.3. The van der Waals surface area contributed by atoms with Crippen LogP contribution in [0.3, 0.4) is 0 Å². The molecule has 0 saturated carbocycles. The predicted octanol–water partition coefficient (Wildman–Crippen LogP) is 10.7. The van der Waals surface area contributed by atoms with Crippen LogP contribution >= 0.6 is 0 Å². The third kappa shape index (κ3) is 4.27. The van der Waals surface area contributed by atoms with E-state index in [1.807, 2.05) is 60.7 Å². The zero-order valence-electron chi connectivity index (χ0n) is 24.2. The van der Waals surface area contributed by atoms with Crippen molar-refractivity contribution in [3.05, 3.63) is 152 Å². The lowest BCUT2D eigenvalue weighted by Crippen LogP contribution is -2.01. The molecule has 0 radical (unpaired) electrons. The van der Waals surface area contributed by atoms with E-state index in [9.17, 15) is 0 Å². The second kappa shape index (κ2) is 10.2. The van der Waals surface area contributed by atoms with Crippen LogP contribution < -0.4 is 0 Å². The van der Waals surface area contributed by atoms with Gasteiger partial charge in [0, 0.05) is 27.5 Å². The molecule has 0 fully saturated rings. The molecule has 9 aromatic rings. The van der Waals surface area contributed by atoms with Crippen molar-refractivity contribution in [2.75, 3.05) is 0 Å². The molecule has 4 nitrogen and oxygen atoms in total. The number of hydrogen-bond donors (Lipinski definition) is 0. The summed E-state index contributed by atoms with van der Waals surface area (Å²) < 4.78 is 6.24. The highest BCUT2D eigenvalue weighted by molar-refractivity contribution is 6.13. The van der Waals surface area contributed by atoms with E-state index >= 15 is 0 Å². The van der Waals surface area contributed by atoms with Crippen LogP contribution in [-0.4, -0.2) is 15.0 Å². The normalized spacial score (nSPS) is 11.6. The summed E-state index contributed by atoms with van der Waals surface area (Å²) in [5, 5.41) is 6.94. The molecule has 0 bridgehead atoms. The van der Waals surface area contributed by atoms with E-state index in [2.05, 4.69) is 91.0 Å². The van der Waals surface area contributed by atoms with Crippen LogP contribution in [-0.2, 0) is 0 Å². The molecule has 0 aliphatic rings. The summed E-state index contributed by atoms with van der Waals surface area (Å²) in [5.41, 5.74) is 6.66. The lowest BCUT2D eigenvalue weighted by molar-refractivity contribution is 0.669. The van der Waals surface area contributed by atoms with E-state index in [4.69, 9.17) is 19.4 Å². The summed E-state index contributed by atoms with van der Waals surface area (Å²) in [6.07, 6.45) is 0. The molecule has 210 valence electrons. The van der Waals surface area contributed by atoms with Gasteiger partial charge in [0.15, 0.2) is 17.5 Å². The summed E-state index contributed by atoms with van der Waals surface area (Å²) in [7, 11) is 0. The summed E-state index contributed by atoms with van der Waals surface area (Å²) in [6.45, 7) is 0. The van der Waals surface area contributed by atoms with Gasteiger partial charge in [0.1, 0.15) is 11.2 Å². The lowest BCUT2D eigenvalue weighted by Gasteiger charge is -2.13. The molecule has 0 saturated heterocycles. The van der Waals surface area contributed by atoms with Gasteiger partial charge in [-0.2, -0.15) is 0 Å².